The van der Waals surface area contributed by atoms with Crippen molar-refractivity contribution >= 4 is 5.91 Å². The Hall–Kier alpha value is -1.55. The molecule has 2 rings (SSSR count). The number of carbonyl (C=O) groups excluding carboxylic acids is 1. The van der Waals surface area contributed by atoms with E-state index in [2.05, 4.69) is 16.7 Å². The van der Waals surface area contributed by atoms with Crippen LogP contribution in [0.25, 0.3) is 0 Å². The summed E-state index contributed by atoms with van der Waals surface area (Å²) in [7, 11) is 1.67. The summed E-state index contributed by atoms with van der Waals surface area (Å²) in [6.07, 6.45) is 2.12. The van der Waals surface area contributed by atoms with Crippen molar-refractivity contribution in [3.8, 4) is 5.75 Å². The molecule has 4 heteroatoms. The van der Waals surface area contributed by atoms with Crippen LogP contribution in [0, 0.1) is 5.92 Å². The van der Waals surface area contributed by atoms with Crippen LogP contribution in [0.2, 0.25) is 0 Å². The second-order valence-electron chi connectivity index (χ2n) is 4.59. The zero-order valence-corrected chi connectivity index (χ0v) is 10.7. The molecule has 0 bridgehead atoms. The molecule has 1 aromatic carbocycles. The summed E-state index contributed by atoms with van der Waals surface area (Å²) in [5.41, 5.74) is 1.18. The molecule has 1 amide bonds. The third-order valence-electron chi connectivity index (χ3n) is 3.01. The van der Waals surface area contributed by atoms with Gasteiger partial charge in [0.15, 0.2) is 0 Å². The van der Waals surface area contributed by atoms with Gasteiger partial charge in [-0.05, 0) is 30.5 Å². The van der Waals surface area contributed by atoms with Gasteiger partial charge < -0.3 is 15.4 Å². The first-order chi connectivity index (χ1) is 8.79. The van der Waals surface area contributed by atoms with E-state index in [1.54, 1.807) is 7.11 Å². The van der Waals surface area contributed by atoms with Gasteiger partial charge in [0, 0.05) is 25.6 Å². The van der Waals surface area contributed by atoms with E-state index in [-0.39, 0.29) is 5.91 Å². The molecule has 0 aliphatic heterocycles. The van der Waals surface area contributed by atoms with Gasteiger partial charge in [0.25, 0.3) is 0 Å². The zero-order valence-electron chi connectivity index (χ0n) is 10.7. The SMILES string of the molecule is COc1cccc(CNCCNC(=O)C2CC2)c1. The number of nitrogens with one attached hydrogen (secondary N) is 2. The fourth-order valence-corrected chi connectivity index (χ4v) is 1.78. The van der Waals surface area contributed by atoms with Crippen molar-refractivity contribution in [3.05, 3.63) is 29.8 Å². The molecule has 1 fully saturated rings. The van der Waals surface area contributed by atoms with Crippen molar-refractivity contribution in [1.29, 1.82) is 0 Å². The minimum Gasteiger partial charge on any atom is -0.497 e. The van der Waals surface area contributed by atoms with Gasteiger partial charge in [0.2, 0.25) is 5.91 Å². The van der Waals surface area contributed by atoms with Gasteiger partial charge in [-0.1, -0.05) is 12.1 Å². The van der Waals surface area contributed by atoms with Crippen LogP contribution < -0.4 is 15.4 Å². The van der Waals surface area contributed by atoms with E-state index in [0.29, 0.717) is 12.5 Å². The number of hydrogen-bond donors (Lipinski definition) is 2. The maximum atomic E-state index is 11.4. The monoisotopic (exact) mass is 248 g/mol. The first-order valence-electron chi connectivity index (χ1n) is 6.41. The third-order valence-corrected chi connectivity index (χ3v) is 3.01. The van der Waals surface area contributed by atoms with Crippen LogP contribution in [-0.2, 0) is 11.3 Å². The predicted octanol–water partition coefficient (Wildman–Crippen LogP) is 1.31. The van der Waals surface area contributed by atoms with Gasteiger partial charge in [-0.15, -0.1) is 0 Å². The summed E-state index contributed by atoms with van der Waals surface area (Å²) < 4.78 is 5.16. The lowest BCUT2D eigenvalue weighted by molar-refractivity contribution is -0.122. The smallest absolute Gasteiger partial charge is 0.223 e. The lowest BCUT2D eigenvalue weighted by atomic mass is 10.2. The minimum absolute atomic E-state index is 0.207. The van der Waals surface area contributed by atoms with Crippen molar-refractivity contribution in [3.63, 3.8) is 0 Å². The van der Waals surface area contributed by atoms with E-state index in [4.69, 9.17) is 4.74 Å². The van der Waals surface area contributed by atoms with E-state index < -0.39 is 0 Å². The molecule has 0 saturated heterocycles. The fraction of sp³-hybridized carbons (Fsp3) is 0.500. The molecule has 18 heavy (non-hydrogen) atoms. The molecule has 1 aliphatic rings. The summed E-state index contributed by atoms with van der Waals surface area (Å²) in [5.74, 6) is 1.37. The van der Waals surface area contributed by atoms with Gasteiger partial charge in [-0.2, -0.15) is 0 Å². The fourth-order valence-electron chi connectivity index (χ4n) is 1.78. The molecular weight excluding hydrogens is 228 g/mol. The molecule has 0 unspecified atom stereocenters. The molecule has 2 N–H and O–H groups in total. The van der Waals surface area contributed by atoms with Gasteiger partial charge in [0.1, 0.15) is 5.75 Å². The molecule has 1 aromatic rings. The van der Waals surface area contributed by atoms with Gasteiger partial charge in [-0.3, -0.25) is 4.79 Å². The Labute approximate surface area is 108 Å². The number of amides is 1. The number of hydrogen-bond acceptors (Lipinski definition) is 3. The maximum absolute atomic E-state index is 11.4. The zero-order chi connectivity index (χ0) is 12.8. The van der Waals surface area contributed by atoms with Crippen LogP contribution in [0.1, 0.15) is 18.4 Å². The third kappa shape index (κ3) is 4.04. The van der Waals surface area contributed by atoms with E-state index in [1.165, 1.54) is 5.56 Å². The molecule has 0 heterocycles. The van der Waals surface area contributed by atoms with Crippen LogP contribution in [0.15, 0.2) is 24.3 Å². The molecule has 0 atom stereocenters. The molecule has 0 radical (unpaired) electrons. The highest BCUT2D eigenvalue weighted by Crippen LogP contribution is 2.28. The Morgan fingerprint density at radius 1 is 1.39 bits per heavy atom. The summed E-state index contributed by atoms with van der Waals surface area (Å²) in [6, 6.07) is 7.97. The van der Waals surface area contributed by atoms with Crippen molar-refractivity contribution in [2.45, 2.75) is 19.4 Å². The number of carbonyl (C=O) groups is 1. The van der Waals surface area contributed by atoms with Crippen LogP contribution in [0.5, 0.6) is 5.75 Å². The molecule has 98 valence electrons. The molecule has 0 spiro atoms. The largest absolute Gasteiger partial charge is 0.497 e. The highest BCUT2D eigenvalue weighted by Gasteiger charge is 2.28. The van der Waals surface area contributed by atoms with Crippen molar-refractivity contribution < 1.29 is 9.53 Å². The van der Waals surface area contributed by atoms with Gasteiger partial charge in [-0.25, -0.2) is 0 Å². The average Bonchev–Trinajstić information content (AvgIpc) is 3.23. The number of methoxy groups -OCH3 is 1. The quantitative estimate of drug-likeness (QED) is 0.715. The van der Waals surface area contributed by atoms with Crippen LogP contribution in [-0.4, -0.2) is 26.1 Å². The van der Waals surface area contributed by atoms with Crippen LogP contribution in [0.4, 0.5) is 0 Å². The van der Waals surface area contributed by atoms with Crippen molar-refractivity contribution in [2.24, 2.45) is 5.92 Å². The lowest BCUT2D eigenvalue weighted by Crippen LogP contribution is -2.32. The standard InChI is InChI=1S/C14H20N2O2/c1-18-13-4-2-3-11(9-13)10-15-7-8-16-14(17)12-5-6-12/h2-4,9,12,15H,5-8,10H2,1H3,(H,16,17). The van der Waals surface area contributed by atoms with E-state index >= 15 is 0 Å². The summed E-state index contributed by atoms with van der Waals surface area (Å²) >= 11 is 0. The van der Waals surface area contributed by atoms with Gasteiger partial charge in [0.05, 0.1) is 7.11 Å². The normalized spacial score (nSPS) is 14.3. The second-order valence-corrected chi connectivity index (χ2v) is 4.59. The number of benzene rings is 1. The highest BCUT2D eigenvalue weighted by atomic mass is 16.5. The summed E-state index contributed by atoms with van der Waals surface area (Å²) in [5, 5.41) is 6.22. The predicted molar refractivity (Wildman–Crippen MR) is 70.4 cm³/mol. The first kappa shape index (κ1) is 12.9. The summed E-state index contributed by atoms with van der Waals surface area (Å²) in [6.45, 7) is 2.27. The van der Waals surface area contributed by atoms with Crippen LogP contribution in [0.3, 0.4) is 0 Å². The maximum Gasteiger partial charge on any atom is 0.223 e. The Kier molecular flexibility index (Phi) is 4.59. The molecular formula is C14H20N2O2. The average molecular weight is 248 g/mol. The highest BCUT2D eigenvalue weighted by molar-refractivity contribution is 5.80. The number of rotatable bonds is 7. The van der Waals surface area contributed by atoms with Crippen LogP contribution >= 0.6 is 0 Å². The molecule has 1 saturated carbocycles. The Morgan fingerprint density at radius 2 is 2.22 bits per heavy atom. The Balaban J connectivity index is 1.60. The minimum atomic E-state index is 0.207. The molecule has 4 nitrogen and oxygen atoms in total. The number of ether oxygens (including phenoxy) is 1. The van der Waals surface area contributed by atoms with E-state index in [0.717, 1.165) is 31.7 Å². The van der Waals surface area contributed by atoms with Crippen molar-refractivity contribution in [1.82, 2.24) is 10.6 Å². The summed E-state index contributed by atoms with van der Waals surface area (Å²) in [4.78, 5) is 11.4. The van der Waals surface area contributed by atoms with Crippen molar-refractivity contribution in [2.75, 3.05) is 20.2 Å². The Bertz CT molecular complexity index is 403. The van der Waals surface area contributed by atoms with E-state index in [9.17, 15) is 4.79 Å². The van der Waals surface area contributed by atoms with E-state index in [1.807, 2.05) is 18.2 Å². The molecule has 1 aliphatic carbocycles. The topological polar surface area (TPSA) is 50.4 Å². The lowest BCUT2D eigenvalue weighted by Gasteiger charge is -2.07. The van der Waals surface area contributed by atoms with Gasteiger partial charge >= 0.3 is 0 Å². The second kappa shape index (κ2) is 6.40. The Morgan fingerprint density at radius 3 is 2.94 bits per heavy atom. The first-order valence-corrected chi connectivity index (χ1v) is 6.41. The molecule has 0 aromatic heterocycles.